The molecule has 2 aliphatic heterocycles. The fraction of sp³-hybridized carbons (Fsp3) is 0.525. The van der Waals surface area contributed by atoms with Crippen LogP contribution in [0.25, 0.3) is 0 Å². The van der Waals surface area contributed by atoms with Gasteiger partial charge >= 0.3 is 12.8 Å². The Morgan fingerprint density at radius 2 is 1.35 bits per heavy atom. The van der Waals surface area contributed by atoms with Crippen LogP contribution in [0, 0.1) is 5.92 Å². The van der Waals surface area contributed by atoms with E-state index in [4.69, 9.17) is 37.5 Å². The first kappa shape index (κ1) is 38.8. The molecule has 282 valence electrons. The number of ether oxygens (including phenoxy) is 6. The average Bonchev–Trinajstić information content (AvgIpc) is 3.85. The van der Waals surface area contributed by atoms with Crippen LogP contribution in [0.4, 0.5) is 0 Å². The molecule has 52 heavy (non-hydrogen) atoms. The fourth-order valence-electron chi connectivity index (χ4n) is 7.34. The first-order chi connectivity index (χ1) is 25.4. The van der Waals surface area contributed by atoms with Crippen molar-refractivity contribution in [2.24, 2.45) is 5.92 Å². The number of esters is 1. The standard InChI is InChI=1S/C40H51O10PS/c1-4-35-37(24-26-45-35)50-51(42,52-28-47-39(41)29-11-7-5-8-12-29)48-27-38-36(23-25-46-38)49-40(30-13-9-6-10-14-30,31-15-19-33(43-2)20-16-31)32-17-21-34(44-3)22-18-32/h6,9-10,13-22,29,35-38H,4-5,7-8,11-12,23-28H2,1-3H3/t35-,36-,37-,38-,51+/m1/s1. The zero-order chi connectivity index (χ0) is 36.4. The molecule has 5 atom stereocenters. The van der Waals surface area contributed by atoms with Gasteiger partial charge < -0.3 is 28.4 Å². The highest BCUT2D eigenvalue weighted by molar-refractivity contribution is 8.55. The Labute approximate surface area is 311 Å². The van der Waals surface area contributed by atoms with Gasteiger partial charge in [-0.3, -0.25) is 13.8 Å². The van der Waals surface area contributed by atoms with E-state index in [1.54, 1.807) is 14.2 Å². The van der Waals surface area contributed by atoms with E-state index in [2.05, 4.69) is 12.1 Å². The number of hydrogen-bond donors (Lipinski definition) is 0. The molecule has 1 aliphatic carbocycles. The summed E-state index contributed by atoms with van der Waals surface area (Å²) in [6.07, 6.45) is 5.11. The van der Waals surface area contributed by atoms with Crippen LogP contribution < -0.4 is 9.47 Å². The molecule has 3 aromatic rings. The van der Waals surface area contributed by atoms with Crippen LogP contribution in [0.1, 0.15) is 75.0 Å². The van der Waals surface area contributed by atoms with Gasteiger partial charge in [0.05, 0.1) is 45.1 Å². The molecule has 2 saturated heterocycles. The molecule has 3 aromatic carbocycles. The molecule has 2 heterocycles. The molecule has 12 heteroatoms. The van der Waals surface area contributed by atoms with Crippen molar-refractivity contribution in [2.75, 3.05) is 40.0 Å². The fourth-order valence-corrected chi connectivity index (χ4v) is 10.2. The van der Waals surface area contributed by atoms with Crippen molar-refractivity contribution in [3.05, 3.63) is 95.6 Å². The minimum absolute atomic E-state index is 0.0496. The normalized spacial score (nSPS) is 23.6. The summed E-state index contributed by atoms with van der Waals surface area (Å²) < 4.78 is 62.9. The van der Waals surface area contributed by atoms with Crippen molar-refractivity contribution >= 4 is 24.1 Å². The SMILES string of the molecule is CC[C@H]1OCC[C@H]1O[P@](=O)(OC[C@H]1OCC[C@H]1OC(c1ccccc1)(c1ccc(OC)cc1)c1ccc(OC)cc1)SCOC(=O)C1CCCCC1. The summed E-state index contributed by atoms with van der Waals surface area (Å²) in [7, 11) is 3.28. The molecule has 0 bridgehead atoms. The third kappa shape index (κ3) is 9.24. The van der Waals surface area contributed by atoms with Crippen LogP contribution in [0.3, 0.4) is 0 Å². The highest BCUT2D eigenvalue weighted by Gasteiger charge is 2.45. The molecule has 3 fully saturated rings. The van der Waals surface area contributed by atoms with Gasteiger partial charge in [-0.1, -0.05) is 80.8 Å². The topological polar surface area (TPSA) is 108 Å². The predicted octanol–water partition coefficient (Wildman–Crippen LogP) is 8.69. The van der Waals surface area contributed by atoms with E-state index in [0.717, 1.165) is 71.7 Å². The van der Waals surface area contributed by atoms with Crippen LogP contribution in [0.2, 0.25) is 0 Å². The number of benzene rings is 3. The Bertz CT molecular complexity index is 1550. The lowest BCUT2D eigenvalue weighted by Gasteiger charge is -2.39. The van der Waals surface area contributed by atoms with Gasteiger partial charge in [-0.15, -0.1) is 0 Å². The highest BCUT2D eigenvalue weighted by atomic mass is 32.7. The van der Waals surface area contributed by atoms with Crippen LogP contribution in [-0.2, 0) is 43.0 Å². The summed E-state index contributed by atoms with van der Waals surface area (Å²) in [5.74, 6) is 0.956. The Hall–Kier alpha value is -2.89. The number of hydrogen-bond acceptors (Lipinski definition) is 11. The molecule has 0 N–H and O–H groups in total. The largest absolute Gasteiger partial charge is 0.497 e. The predicted molar refractivity (Wildman–Crippen MR) is 200 cm³/mol. The quantitative estimate of drug-likeness (QED) is 0.0572. The number of rotatable bonds is 17. The van der Waals surface area contributed by atoms with Crippen molar-refractivity contribution in [3.63, 3.8) is 0 Å². The van der Waals surface area contributed by atoms with Crippen LogP contribution in [0.15, 0.2) is 78.9 Å². The third-order valence-electron chi connectivity index (χ3n) is 10.2. The second-order valence-electron chi connectivity index (χ2n) is 13.4. The summed E-state index contributed by atoms with van der Waals surface area (Å²) in [6, 6.07) is 25.8. The van der Waals surface area contributed by atoms with Crippen LogP contribution in [-0.4, -0.2) is 70.4 Å². The van der Waals surface area contributed by atoms with Crippen molar-refractivity contribution in [2.45, 2.75) is 88.3 Å². The van der Waals surface area contributed by atoms with Gasteiger partial charge in [-0.25, -0.2) is 4.57 Å². The highest BCUT2D eigenvalue weighted by Crippen LogP contribution is 2.62. The summed E-state index contributed by atoms with van der Waals surface area (Å²) >= 11 is 0.903. The Kier molecular flexibility index (Phi) is 13.8. The van der Waals surface area contributed by atoms with Crippen LogP contribution in [0.5, 0.6) is 11.5 Å². The lowest BCUT2D eigenvalue weighted by atomic mass is 9.79. The maximum absolute atomic E-state index is 14.5. The second-order valence-corrected chi connectivity index (χ2v) is 17.4. The van der Waals surface area contributed by atoms with E-state index >= 15 is 0 Å². The molecule has 1 saturated carbocycles. The monoisotopic (exact) mass is 754 g/mol. The van der Waals surface area contributed by atoms with Gasteiger partial charge in [-0.05, 0) is 66.6 Å². The Morgan fingerprint density at radius 1 is 0.769 bits per heavy atom. The van der Waals surface area contributed by atoms with Crippen molar-refractivity contribution < 1.29 is 46.8 Å². The molecule has 0 amide bonds. The molecule has 0 spiro atoms. The molecular formula is C40H51O10PS. The number of carbonyl (C=O) groups excluding carboxylic acids is 1. The molecule has 0 aromatic heterocycles. The second kappa shape index (κ2) is 18.4. The maximum Gasteiger partial charge on any atom is 0.392 e. The van der Waals surface area contributed by atoms with E-state index in [9.17, 15) is 9.36 Å². The molecule has 10 nitrogen and oxygen atoms in total. The number of carbonyl (C=O) groups is 1. The summed E-state index contributed by atoms with van der Waals surface area (Å²) in [4.78, 5) is 12.8. The molecule has 3 aliphatic rings. The van der Waals surface area contributed by atoms with Gasteiger partial charge in [-0.2, -0.15) is 0 Å². The van der Waals surface area contributed by atoms with Crippen LogP contribution >= 0.6 is 18.2 Å². The first-order valence-corrected chi connectivity index (χ1v) is 21.5. The van der Waals surface area contributed by atoms with Crippen molar-refractivity contribution in [1.29, 1.82) is 0 Å². The molecule has 0 radical (unpaired) electrons. The third-order valence-corrected chi connectivity index (χ3v) is 13.6. The van der Waals surface area contributed by atoms with Crippen molar-refractivity contribution in [1.82, 2.24) is 0 Å². The zero-order valence-corrected chi connectivity index (χ0v) is 32.0. The summed E-state index contributed by atoms with van der Waals surface area (Å²) in [5, 5.41) is 0. The molecule has 0 unspecified atom stereocenters. The van der Waals surface area contributed by atoms with E-state index in [-0.39, 0.29) is 30.5 Å². The van der Waals surface area contributed by atoms with Gasteiger partial charge in [0, 0.05) is 31.0 Å². The maximum atomic E-state index is 14.5. The van der Waals surface area contributed by atoms with Gasteiger partial charge in [0.1, 0.15) is 29.1 Å². The molecular weight excluding hydrogens is 703 g/mol. The minimum atomic E-state index is -3.84. The average molecular weight is 755 g/mol. The number of methoxy groups -OCH3 is 2. The minimum Gasteiger partial charge on any atom is -0.497 e. The van der Waals surface area contributed by atoms with E-state index in [1.807, 2.05) is 73.7 Å². The van der Waals surface area contributed by atoms with E-state index in [1.165, 1.54) is 0 Å². The Morgan fingerprint density at radius 3 is 1.94 bits per heavy atom. The smallest absolute Gasteiger partial charge is 0.392 e. The van der Waals surface area contributed by atoms with Gasteiger partial charge in [0.25, 0.3) is 0 Å². The van der Waals surface area contributed by atoms with E-state index < -0.39 is 30.7 Å². The van der Waals surface area contributed by atoms with Gasteiger partial charge in [0.15, 0.2) is 0 Å². The zero-order valence-electron chi connectivity index (χ0n) is 30.3. The first-order valence-electron chi connectivity index (χ1n) is 18.4. The lowest BCUT2D eigenvalue weighted by Crippen LogP contribution is -2.41. The summed E-state index contributed by atoms with van der Waals surface area (Å²) in [6.45, 7) is -0.932. The summed E-state index contributed by atoms with van der Waals surface area (Å²) in [5.41, 5.74) is 1.65. The lowest BCUT2D eigenvalue weighted by molar-refractivity contribution is -0.147. The van der Waals surface area contributed by atoms with Crippen molar-refractivity contribution in [3.8, 4) is 11.5 Å². The Balaban J connectivity index is 1.25. The van der Waals surface area contributed by atoms with E-state index in [0.29, 0.717) is 32.5 Å². The molecule has 6 rings (SSSR count). The van der Waals surface area contributed by atoms with Gasteiger partial charge in [0.2, 0.25) is 0 Å².